The van der Waals surface area contributed by atoms with Crippen molar-refractivity contribution in [3.8, 4) is 0 Å². The third-order valence-corrected chi connectivity index (χ3v) is 2.91. The Kier molecular flexibility index (Phi) is 3.80. The van der Waals surface area contributed by atoms with Crippen molar-refractivity contribution in [1.82, 2.24) is 9.97 Å². The molecule has 20 heavy (non-hydrogen) atoms. The molecule has 0 unspecified atom stereocenters. The van der Waals surface area contributed by atoms with Gasteiger partial charge in [-0.05, 0) is 28.1 Å². The van der Waals surface area contributed by atoms with Gasteiger partial charge in [-0.2, -0.15) is 18.2 Å². The normalized spacial score (nSPS) is 11.4. The maximum atomic E-state index is 13.6. The molecule has 1 aromatic carbocycles. The molecule has 2 rings (SSSR count). The van der Waals surface area contributed by atoms with Gasteiger partial charge in [0.15, 0.2) is 5.69 Å². The van der Waals surface area contributed by atoms with E-state index in [-0.39, 0.29) is 11.5 Å². The molecule has 3 N–H and O–H groups in total. The first-order chi connectivity index (χ1) is 9.27. The van der Waals surface area contributed by atoms with Crippen LogP contribution >= 0.6 is 15.9 Å². The van der Waals surface area contributed by atoms with Gasteiger partial charge in [-0.1, -0.05) is 6.07 Å². The maximum absolute atomic E-state index is 13.6. The van der Waals surface area contributed by atoms with E-state index in [4.69, 9.17) is 5.73 Å². The molecule has 0 fully saturated rings. The summed E-state index contributed by atoms with van der Waals surface area (Å²) in [5, 5.41) is 2.44. The number of para-hydroxylation sites is 1. The van der Waals surface area contributed by atoms with Crippen LogP contribution < -0.4 is 11.1 Å². The van der Waals surface area contributed by atoms with Crippen molar-refractivity contribution in [3.63, 3.8) is 0 Å². The molecule has 2 aromatic rings. The van der Waals surface area contributed by atoms with Crippen molar-refractivity contribution >= 4 is 33.4 Å². The van der Waals surface area contributed by atoms with Crippen LogP contribution in [0, 0.1) is 5.82 Å². The van der Waals surface area contributed by atoms with Gasteiger partial charge in [0, 0.05) is 10.5 Å². The molecule has 0 aliphatic rings. The Bertz CT molecular complexity index is 625. The molecule has 9 heteroatoms. The predicted octanol–water partition coefficient (Wildman–Crippen LogP) is 3.72. The molecule has 0 bridgehead atoms. The summed E-state index contributed by atoms with van der Waals surface area (Å²) < 4.78 is 51.7. The largest absolute Gasteiger partial charge is 0.433 e. The molecule has 4 nitrogen and oxygen atoms in total. The Balaban J connectivity index is 2.42. The average Bonchev–Trinajstić information content (AvgIpc) is 2.32. The van der Waals surface area contributed by atoms with Gasteiger partial charge in [0.1, 0.15) is 11.6 Å². The van der Waals surface area contributed by atoms with E-state index in [9.17, 15) is 17.6 Å². The van der Waals surface area contributed by atoms with Crippen LogP contribution in [0.25, 0.3) is 0 Å². The van der Waals surface area contributed by atoms with Crippen LogP contribution in [0.4, 0.5) is 35.0 Å². The molecule has 0 atom stereocenters. The monoisotopic (exact) mass is 350 g/mol. The van der Waals surface area contributed by atoms with E-state index >= 15 is 0 Å². The zero-order chi connectivity index (χ0) is 14.9. The van der Waals surface area contributed by atoms with E-state index in [2.05, 4.69) is 31.2 Å². The van der Waals surface area contributed by atoms with Gasteiger partial charge < -0.3 is 11.1 Å². The lowest BCUT2D eigenvalue weighted by molar-refractivity contribution is -0.141. The number of nitrogens with two attached hydrogens (primary N) is 1. The molecule has 1 aromatic heterocycles. The molecular formula is C11H7BrF4N4. The summed E-state index contributed by atoms with van der Waals surface area (Å²) in [5.74, 6) is -1.46. The number of aromatic nitrogens is 2. The minimum absolute atomic E-state index is 0.0428. The van der Waals surface area contributed by atoms with Crippen LogP contribution in [0.5, 0.6) is 0 Å². The summed E-state index contributed by atoms with van der Waals surface area (Å²) in [4.78, 5) is 6.68. The summed E-state index contributed by atoms with van der Waals surface area (Å²) in [6.07, 6.45) is -4.67. The van der Waals surface area contributed by atoms with Crippen LogP contribution in [0.1, 0.15) is 5.69 Å². The number of nitrogens with one attached hydrogen (secondary N) is 1. The Morgan fingerprint density at radius 2 is 1.90 bits per heavy atom. The van der Waals surface area contributed by atoms with E-state index in [1.54, 1.807) is 0 Å². The Labute approximate surface area is 119 Å². The van der Waals surface area contributed by atoms with Crippen molar-refractivity contribution < 1.29 is 17.6 Å². The minimum Gasteiger partial charge on any atom is -0.368 e. The highest BCUT2D eigenvalue weighted by Crippen LogP contribution is 2.32. The smallest absolute Gasteiger partial charge is 0.368 e. The summed E-state index contributed by atoms with van der Waals surface area (Å²) in [6.45, 7) is 0. The Morgan fingerprint density at radius 1 is 1.20 bits per heavy atom. The quantitative estimate of drug-likeness (QED) is 0.810. The molecule has 0 saturated carbocycles. The van der Waals surface area contributed by atoms with Crippen molar-refractivity contribution in [2.24, 2.45) is 0 Å². The molecule has 0 spiro atoms. The van der Waals surface area contributed by atoms with Crippen molar-refractivity contribution in [1.29, 1.82) is 0 Å². The second-order valence-electron chi connectivity index (χ2n) is 3.72. The second-order valence-corrected chi connectivity index (χ2v) is 4.57. The van der Waals surface area contributed by atoms with Crippen molar-refractivity contribution in [3.05, 3.63) is 40.2 Å². The summed E-state index contributed by atoms with van der Waals surface area (Å²) in [6, 6.07) is 4.78. The molecule has 0 radical (unpaired) electrons. The first-order valence-electron chi connectivity index (χ1n) is 5.20. The summed E-state index contributed by atoms with van der Waals surface area (Å²) in [5.41, 5.74) is 3.97. The fourth-order valence-corrected chi connectivity index (χ4v) is 1.86. The van der Waals surface area contributed by atoms with Crippen LogP contribution in [-0.2, 0) is 6.18 Å². The van der Waals surface area contributed by atoms with Gasteiger partial charge in [-0.25, -0.2) is 9.37 Å². The highest BCUT2D eigenvalue weighted by Gasteiger charge is 2.33. The number of alkyl halides is 3. The first-order valence-corrected chi connectivity index (χ1v) is 5.99. The highest BCUT2D eigenvalue weighted by atomic mass is 79.9. The number of halogens is 5. The fourth-order valence-electron chi connectivity index (χ4n) is 1.42. The third kappa shape index (κ3) is 3.16. The van der Waals surface area contributed by atoms with E-state index in [1.807, 2.05) is 0 Å². The van der Waals surface area contributed by atoms with Gasteiger partial charge in [0.05, 0.1) is 5.69 Å². The number of hydrogen-bond donors (Lipinski definition) is 2. The summed E-state index contributed by atoms with van der Waals surface area (Å²) in [7, 11) is 0. The SMILES string of the molecule is Nc1nc(Nc2c(F)cccc2Br)cc(C(F)(F)F)n1. The van der Waals surface area contributed by atoms with Gasteiger partial charge in [0.25, 0.3) is 0 Å². The van der Waals surface area contributed by atoms with Crippen LogP contribution in [0.15, 0.2) is 28.7 Å². The molecule has 1 heterocycles. The topological polar surface area (TPSA) is 63.8 Å². The van der Waals surface area contributed by atoms with E-state index in [0.29, 0.717) is 10.5 Å². The van der Waals surface area contributed by atoms with Crippen molar-refractivity contribution in [2.45, 2.75) is 6.18 Å². The van der Waals surface area contributed by atoms with E-state index in [0.717, 1.165) is 6.07 Å². The molecule has 0 aliphatic carbocycles. The van der Waals surface area contributed by atoms with Gasteiger partial charge in [-0.3, -0.25) is 0 Å². The molecule has 0 amide bonds. The number of nitrogen functional groups attached to an aromatic ring is 1. The predicted molar refractivity (Wildman–Crippen MR) is 68.8 cm³/mol. The number of benzene rings is 1. The number of hydrogen-bond acceptors (Lipinski definition) is 4. The summed E-state index contributed by atoms with van der Waals surface area (Å²) >= 11 is 3.08. The lowest BCUT2D eigenvalue weighted by atomic mass is 10.3. The minimum atomic E-state index is -4.67. The molecule has 106 valence electrons. The number of rotatable bonds is 2. The zero-order valence-electron chi connectivity index (χ0n) is 9.67. The van der Waals surface area contributed by atoms with Crippen LogP contribution in [0.3, 0.4) is 0 Å². The fraction of sp³-hybridized carbons (Fsp3) is 0.0909. The van der Waals surface area contributed by atoms with E-state index < -0.39 is 23.6 Å². The third-order valence-electron chi connectivity index (χ3n) is 2.25. The standard InChI is InChI=1S/C11H7BrF4N4/c12-5-2-1-3-6(13)9(5)19-8-4-7(11(14,15)16)18-10(17)20-8/h1-4H,(H3,17,18,19,20). The maximum Gasteiger partial charge on any atom is 0.433 e. The number of nitrogens with zero attached hydrogens (tertiary/aromatic N) is 2. The lowest BCUT2D eigenvalue weighted by Gasteiger charge is -2.11. The first kappa shape index (κ1) is 14.5. The number of anilines is 3. The van der Waals surface area contributed by atoms with E-state index in [1.165, 1.54) is 12.1 Å². The van der Waals surface area contributed by atoms with Gasteiger partial charge in [0.2, 0.25) is 5.95 Å². The van der Waals surface area contributed by atoms with Crippen LogP contribution in [-0.4, -0.2) is 9.97 Å². The lowest BCUT2D eigenvalue weighted by Crippen LogP contribution is -2.12. The molecule has 0 aliphatic heterocycles. The highest BCUT2D eigenvalue weighted by molar-refractivity contribution is 9.10. The van der Waals surface area contributed by atoms with Gasteiger partial charge >= 0.3 is 6.18 Å². The zero-order valence-corrected chi connectivity index (χ0v) is 11.3. The average molecular weight is 351 g/mol. The Hall–Kier alpha value is -1.90. The Morgan fingerprint density at radius 3 is 2.50 bits per heavy atom. The van der Waals surface area contributed by atoms with Crippen molar-refractivity contribution in [2.75, 3.05) is 11.1 Å². The van der Waals surface area contributed by atoms with Crippen LogP contribution in [0.2, 0.25) is 0 Å². The second kappa shape index (κ2) is 5.23. The molecule has 0 saturated heterocycles. The van der Waals surface area contributed by atoms with Gasteiger partial charge in [-0.15, -0.1) is 0 Å². The molecular weight excluding hydrogens is 344 g/mol.